The lowest BCUT2D eigenvalue weighted by Gasteiger charge is -2.08. The smallest absolute Gasteiger partial charge is 0.322 e. The number of guanidine groups is 1. The molecule has 66 valence electrons. The van der Waals surface area contributed by atoms with Crippen molar-refractivity contribution in [3.8, 4) is 0 Å². The van der Waals surface area contributed by atoms with Crippen LogP contribution >= 0.6 is 12.4 Å². The van der Waals surface area contributed by atoms with Gasteiger partial charge in [0.05, 0.1) is 0 Å². The monoisotopic (exact) mass is 182 g/mol. The Hall–Kier alpha value is -1.01. The molecule has 0 aromatic heterocycles. The van der Waals surface area contributed by atoms with Gasteiger partial charge >= 0.3 is 5.97 Å². The van der Waals surface area contributed by atoms with Gasteiger partial charge in [-0.3, -0.25) is 15.6 Å². The molecule has 0 amide bonds. The first-order valence-electron chi connectivity index (χ1n) is 2.62. The molecule has 0 heterocycles. The molecule has 0 rings (SSSR count). The quantitative estimate of drug-likeness (QED) is 0.216. The number of rotatable bonds is 3. The summed E-state index contributed by atoms with van der Waals surface area (Å²) in [6.07, 6.45) is 0. The number of carbonyl (C=O) groups is 1. The van der Waals surface area contributed by atoms with Crippen molar-refractivity contribution in [2.45, 2.75) is 13.0 Å². The van der Waals surface area contributed by atoms with E-state index in [4.69, 9.17) is 16.2 Å². The third kappa shape index (κ3) is 6.88. The highest BCUT2D eigenvalue weighted by atomic mass is 35.5. The highest BCUT2D eigenvalue weighted by Crippen LogP contribution is 1.75. The minimum absolute atomic E-state index is 0. The van der Waals surface area contributed by atoms with Crippen molar-refractivity contribution in [3.05, 3.63) is 0 Å². The van der Waals surface area contributed by atoms with Gasteiger partial charge in [0.1, 0.15) is 6.04 Å². The summed E-state index contributed by atoms with van der Waals surface area (Å²) in [5, 5.41) is 14.9. The number of hydrogen-bond acceptors (Lipinski definition) is 3. The van der Waals surface area contributed by atoms with Gasteiger partial charge < -0.3 is 10.8 Å². The van der Waals surface area contributed by atoms with Crippen LogP contribution in [0.25, 0.3) is 0 Å². The molecule has 1 atom stereocenters. The molecule has 0 aliphatic heterocycles. The molecule has 0 saturated carbocycles. The number of nitrogens with two attached hydrogens (primary N) is 1. The lowest BCUT2D eigenvalue weighted by atomic mass is 10.4. The van der Waals surface area contributed by atoms with Crippen molar-refractivity contribution in [2.75, 3.05) is 0 Å². The summed E-state index contributed by atoms with van der Waals surface area (Å²) in [5.74, 6) is -1.32. The fourth-order valence-corrected chi connectivity index (χ4v) is 0.248. The minimum atomic E-state index is -1.01. The molecule has 0 aromatic carbocycles. The molecule has 0 bridgehead atoms. The van der Waals surface area contributed by atoms with Crippen molar-refractivity contribution < 1.29 is 9.90 Å². The van der Waals surface area contributed by atoms with E-state index in [1.807, 2.05) is 0 Å². The Morgan fingerprint density at radius 3 is 2.45 bits per heavy atom. The summed E-state index contributed by atoms with van der Waals surface area (Å²) in [6.45, 7) is 1.43. The summed E-state index contributed by atoms with van der Waals surface area (Å²) in [7, 11) is 0. The molecule has 0 saturated heterocycles. The van der Waals surface area contributed by atoms with Crippen LogP contribution in [0, 0.1) is 5.41 Å². The Kier molecular flexibility index (Phi) is 6.61. The maximum atomic E-state index is 10.1. The van der Waals surface area contributed by atoms with Crippen LogP contribution in [0.15, 0.2) is 0 Å². The fourth-order valence-electron chi connectivity index (χ4n) is 0.248. The SMILES string of the molecule is C[C@H](NNC(=N)N)C(=O)O.Cl. The first-order chi connectivity index (χ1) is 4.54. The van der Waals surface area contributed by atoms with Crippen LogP contribution in [0.3, 0.4) is 0 Å². The highest BCUT2D eigenvalue weighted by Gasteiger charge is 2.08. The van der Waals surface area contributed by atoms with Gasteiger partial charge in [0.15, 0.2) is 5.96 Å². The number of hydrazine groups is 1. The lowest BCUT2D eigenvalue weighted by molar-refractivity contribution is -0.139. The number of carboxylic acid groups (broad SMARTS) is 1. The zero-order valence-corrected chi connectivity index (χ0v) is 6.73. The first-order valence-corrected chi connectivity index (χ1v) is 2.62. The predicted octanol–water partition coefficient (Wildman–Crippen LogP) is -1.13. The zero-order valence-electron chi connectivity index (χ0n) is 5.92. The summed E-state index contributed by atoms with van der Waals surface area (Å²) in [6, 6.07) is -0.760. The van der Waals surface area contributed by atoms with Crippen molar-refractivity contribution in [1.29, 1.82) is 5.41 Å². The Bertz CT molecular complexity index is 151. The van der Waals surface area contributed by atoms with Crippen LogP contribution in [0.4, 0.5) is 0 Å². The van der Waals surface area contributed by atoms with E-state index in [0.717, 1.165) is 0 Å². The van der Waals surface area contributed by atoms with Crippen molar-refractivity contribution in [2.24, 2.45) is 5.73 Å². The minimum Gasteiger partial charge on any atom is -0.480 e. The average molecular weight is 183 g/mol. The van der Waals surface area contributed by atoms with Crippen LogP contribution in [0.1, 0.15) is 6.92 Å². The van der Waals surface area contributed by atoms with E-state index >= 15 is 0 Å². The Labute approximate surface area is 70.0 Å². The molecule has 0 radical (unpaired) electrons. The predicted molar refractivity (Wildman–Crippen MR) is 42.5 cm³/mol. The Balaban J connectivity index is 0. The summed E-state index contributed by atoms with van der Waals surface area (Å²) in [4.78, 5) is 10.1. The molecule has 0 aliphatic carbocycles. The number of carboxylic acids is 1. The number of hydrogen-bond donors (Lipinski definition) is 5. The normalized spacial score (nSPS) is 11.0. The van der Waals surface area contributed by atoms with Crippen LogP contribution < -0.4 is 16.6 Å². The molecule has 6 nitrogen and oxygen atoms in total. The molecule has 0 aliphatic rings. The van der Waals surface area contributed by atoms with E-state index < -0.39 is 12.0 Å². The summed E-state index contributed by atoms with van der Waals surface area (Å²) >= 11 is 0. The van der Waals surface area contributed by atoms with Crippen molar-refractivity contribution >= 4 is 24.3 Å². The van der Waals surface area contributed by atoms with E-state index in [0.29, 0.717) is 0 Å². The Morgan fingerprint density at radius 2 is 2.18 bits per heavy atom. The maximum Gasteiger partial charge on any atom is 0.322 e. The molecule has 0 aromatic rings. The molecule has 0 fully saturated rings. The van der Waals surface area contributed by atoms with Gasteiger partial charge in [-0.1, -0.05) is 0 Å². The second kappa shape index (κ2) is 5.75. The van der Waals surface area contributed by atoms with Crippen LogP contribution in [0.5, 0.6) is 0 Å². The van der Waals surface area contributed by atoms with E-state index in [9.17, 15) is 4.79 Å². The molecule has 11 heavy (non-hydrogen) atoms. The zero-order chi connectivity index (χ0) is 8.15. The van der Waals surface area contributed by atoms with Gasteiger partial charge in [-0.2, -0.15) is 0 Å². The largest absolute Gasteiger partial charge is 0.480 e. The second-order valence-electron chi connectivity index (χ2n) is 1.74. The molecule has 7 heteroatoms. The summed E-state index contributed by atoms with van der Waals surface area (Å²) in [5.41, 5.74) is 9.30. The highest BCUT2D eigenvalue weighted by molar-refractivity contribution is 5.85. The first kappa shape index (κ1) is 12.6. The van der Waals surface area contributed by atoms with E-state index in [1.165, 1.54) is 6.92 Å². The Morgan fingerprint density at radius 1 is 1.73 bits per heavy atom. The van der Waals surface area contributed by atoms with Gasteiger partial charge in [0.2, 0.25) is 0 Å². The standard InChI is InChI=1S/C4H10N4O2.ClH/c1-2(3(9)10)7-8-4(5)6;/h2,7H,1H3,(H,9,10)(H4,5,6,8);1H/t2-;/m0./s1. The van der Waals surface area contributed by atoms with Gasteiger partial charge in [-0.05, 0) is 6.92 Å². The molecular weight excluding hydrogens is 172 g/mol. The van der Waals surface area contributed by atoms with Crippen LogP contribution in [-0.4, -0.2) is 23.1 Å². The second-order valence-corrected chi connectivity index (χ2v) is 1.74. The fraction of sp³-hybridized carbons (Fsp3) is 0.500. The van der Waals surface area contributed by atoms with Gasteiger partial charge in [0, 0.05) is 0 Å². The van der Waals surface area contributed by atoms with E-state index in [2.05, 4.69) is 10.9 Å². The number of nitrogens with one attached hydrogen (secondary N) is 3. The lowest BCUT2D eigenvalue weighted by Crippen LogP contribution is -2.48. The van der Waals surface area contributed by atoms with Crippen LogP contribution in [-0.2, 0) is 4.79 Å². The molecule has 0 spiro atoms. The van der Waals surface area contributed by atoms with Gasteiger partial charge in [0.25, 0.3) is 0 Å². The van der Waals surface area contributed by atoms with E-state index in [1.54, 1.807) is 0 Å². The number of aliphatic carboxylic acids is 1. The summed E-state index contributed by atoms with van der Waals surface area (Å²) < 4.78 is 0. The third-order valence-corrected chi connectivity index (χ3v) is 0.794. The van der Waals surface area contributed by atoms with Crippen molar-refractivity contribution in [1.82, 2.24) is 10.9 Å². The average Bonchev–Trinajstić information content (AvgIpc) is 1.82. The molecule has 0 unspecified atom stereocenters. The van der Waals surface area contributed by atoms with Gasteiger partial charge in [-0.25, -0.2) is 5.43 Å². The topological polar surface area (TPSA) is 111 Å². The van der Waals surface area contributed by atoms with Crippen LogP contribution in [0.2, 0.25) is 0 Å². The van der Waals surface area contributed by atoms with Crippen molar-refractivity contribution in [3.63, 3.8) is 0 Å². The molecule has 6 N–H and O–H groups in total. The molecular formula is C4H11ClN4O2. The van der Waals surface area contributed by atoms with E-state index in [-0.39, 0.29) is 18.4 Å². The van der Waals surface area contributed by atoms with Gasteiger partial charge in [-0.15, -0.1) is 12.4 Å². The number of halogens is 1. The third-order valence-electron chi connectivity index (χ3n) is 0.794. The maximum absolute atomic E-state index is 10.1.